The number of carbonyl (C=O) groups is 1. The lowest BCUT2D eigenvalue weighted by Gasteiger charge is -2.16. The van der Waals surface area contributed by atoms with Crippen molar-refractivity contribution in [2.45, 2.75) is 13.0 Å². The number of nitrogens with two attached hydrogens (primary N) is 3. The van der Waals surface area contributed by atoms with E-state index in [1.165, 1.54) is 0 Å². The van der Waals surface area contributed by atoms with E-state index in [2.05, 4.69) is 5.32 Å². The molecule has 0 aromatic heterocycles. The highest BCUT2D eigenvalue weighted by Gasteiger charge is 2.17. The van der Waals surface area contributed by atoms with Gasteiger partial charge in [0.1, 0.15) is 17.2 Å². The molecule has 8 nitrogen and oxygen atoms in total. The number of aliphatic hydroxyl groups excluding tert-OH is 1. The van der Waals surface area contributed by atoms with E-state index in [0.29, 0.717) is 33.9 Å². The van der Waals surface area contributed by atoms with Gasteiger partial charge < -0.3 is 37.1 Å². The lowest BCUT2D eigenvalue weighted by Crippen LogP contribution is -2.35. The first-order valence-corrected chi connectivity index (χ1v) is 8.62. The van der Waals surface area contributed by atoms with Gasteiger partial charge in [-0.25, -0.2) is 0 Å². The van der Waals surface area contributed by atoms with Crippen LogP contribution in [-0.4, -0.2) is 37.9 Å². The van der Waals surface area contributed by atoms with Gasteiger partial charge in [0.05, 0.1) is 26.0 Å². The Morgan fingerprint density at radius 3 is 2.46 bits per heavy atom. The third-order valence-electron chi connectivity index (χ3n) is 4.19. The highest BCUT2D eigenvalue weighted by Crippen LogP contribution is 2.38. The van der Waals surface area contributed by atoms with Gasteiger partial charge in [-0.05, 0) is 25.1 Å². The lowest BCUT2D eigenvalue weighted by molar-refractivity contribution is -0.117. The molecule has 8 heteroatoms. The molecule has 1 amide bonds. The van der Waals surface area contributed by atoms with Gasteiger partial charge in [-0.2, -0.15) is 0 Å². The van der Waals surface area contributed by atoms with Crippen molar-refractivity contribution in [3.8, 4) is 22.6 Å². The van der Waals surface area contributed by atoms with Gasteiger partial charge in [-0.15, -0.1) is 0 Å². The average molecular weight is 386 g/mol. The second-order valence-corrected chi connectivity index (χ2v) is 6.22. The number of benzene rings is 2. The number of nitrogen functional groups attached to an aromatic ring is 1. The summed E-state index contributed by atoms with van der Waals surface area (Å²) in [5.41, 5.74) is 20.4. The van der Waals surface area contributed by atoms with E-state index in [1.807, 2.05) is 6.07 Å². The predicted molar refractivity (Wildman–Crippen MR) is 109 cm³/mol. The van der Waals surface area contributed by atoms with Gasteiger partial charge in [0.2, 0.25) is 0 Å². The molecule has 150 valence electrons. The Bertz CT molecular complexity index is 894. The summed E-state index contributed by atoms with van der Waals surface area (Å²) < 4.78 is 10.7. The monoisotopic (exact) mass is 386 g/mol. The van der Waals surface area contributed by atoms with E-state index in [-0.39, 0.29) is 17.9 Å². The van der Waals surface area contributed by atoms with Crippen LogP contribution in [0.1, 0.15) is 12.5 Å². The van der Waals surface area contributed by atoms with Crippen LogP contribution in [0.15, 0.2) is 42.1 Å². The molecule has 2 rings (SSSR count). The molecule has 0 bridgehead atoms. The maximum Gasteiger partial charge on any atom is 0.269 e. The first kappa shape index (κ1) is 20.9. The van der Waals surface area contributed by atoms with Crippen LogP contribution in [-0.2, 0) is 4.79 Å². The molecule has 1 unspecified atom stereocenters. The zero-order valence-corrected chi connectivity index (χ0v) is 16.2. The number of aliphatic hydroxyl groups is 1. The Hall–Kier alpha value is -3.39. The molecule has 0 heterocycles. The lowest BCUT2D eigenvalue weighted by atomic mass is 9.97. The molecule has 0 aliphatic heterocycles. The van der Waals surface area contributed by atoms with Crippen molar-refractivity contribution in [1.29, 1.82) is 0 Å². The number of carbonyl (C=O) groups excluding carboxylic acids is 1. The normalized spacial score (nSPS) is 12.7. The van der Waals surface area contributed by atoms with Crippen LogP contribution in [0, 0.1) is 0 Å². The van der Waals surface area contributed by atoms with E-state index in [1.54, 1.807) is 51.5 Å². The maximum absolute atomic E-state index is 12.1. The Morgan fingerprint density at radius 2 is 1.86 bits per heavy atom. The van der Waals surface area contributed by atoms with Crippen LogP contribution >= 0.6 is 0 Å². The van der Waals surface area contributed by atoms with Gasteiger partial charge in [0.25, 0.3) is 5.91 Å². The summed E-state index contributed by atoms with van der Waals surface area (Å²) in [7, 11) is 3.13. The van der Waals surface area contributed by atoms with E-state index in [9.17, 15) is 9.90 Å². The highest BCUT2D eigenvalue weighted by molar-refractivity contribution is 6.01. The summed E-state index contributed by atoms with van der Waals surface area (Å²) in [5, 5.41) is 11.8. The zero-order chi connectivity index (χ0) is 20.8. The van der Waals surface area contributed by atoms with Crippen molar-refractivity contribution in [2.75, 3.05) is 26.5 Å². The fourth-order valence-corrected chi connectivity index (χ4v) is 2.66. The number of ether oxygens (including phenoxy) is 2. The zero-order valence-electron chi connectivity index (χ0n) is 16.2. The van der Waals surface area contributed by atoms with Crippen molar-refractivity contribution < 1.29 is 19.4 Å². The molecule has 0 spiro atoms. The average Bonchev–Trinajstić information content (AvgIpc) is 2.70. The summed E-state index contributed by atoms with van der Waals surface area (Å²) in [6, 6.07) is 10.6. The third-order valence-corrected chi connectivity index (χ3v) is 4.19. The van der Waals surface area contributed by atoms with Crippen molar-refractivity contribution in [3.63, 3.8) is 0 Å². The molecular formula is C20H26N4O4. The van der Waals surface area contributed by atoms with E-state index in [0.717, 1.165) is 0 Å². The molecular weight excluding hydrogens is 360 g/mol. The first-order valence-electron chi connectivity index (χ1n) is 8.62. The molecule has 0 aliphatic rings. The van der Waals surface area contributed by atoms with Crippen molar-refractivity contribution in [1.82, 2.24) is 5.32 Å². The standard InChI is InChI=1S/C20H26N4O4/c1-11(25)10-24-20(26)19(23)18(22)14-6-4-5-13(17(14)21)15-9-12(27-2)7-8-16(15)28-3/h4-9,11,25H,10,21-23H2,1-3H3,(H,24,26)/b19-18+. The highest BCUT2D eigenvalue weighted by atomic mass is 16.5. The molecule has 0 saturated heterocycles. The number of methoxy groups -OCH3 is 2. The molecule has 28 heavy (non-hydrogen) atoms. The third kappa shape index (κ3) is 4.47. The van der Waals surface area contributed by atoms with Crippen LogP contribution in [0.3, 0.4) is 0 Å². The minimum atomic E-state index is -0.702. The summed E-state index contributed by atoms with van der Waals surface area (Å²) in [4.78, 5) is 12.1. The smallest absolute Gasteiger partial charge is 0.269 e. The summed E-state index contributed by atoms with van der Waals surface area (Å²) in [6.45, 7) is 1.61. The molecule has 2 aromatic carbocycles. The van der Waals surface area contributed by atoms with Gasteiger partial charge in [-0.3, -0.25) is 4.79 Å². The molecule has 0 fully saturated rings. The summed E-state index contributed by atoms with van der Waals surface area (Å²) >= 11 is 0. The van der Waals surface area contributed by atoms with Gasteiger partial charge in [-0.1, -0.05) is 18.2 Å². The van der Waals surface area contributed by atoms with Crippen LogP contribution < -0.4 is 32.0 Å². The fraction of sp³-hybridized carbons (Fsp3) is 0.250. The molecule has 0 aliphatic carbocycles. The van der Waals surface area contributed by atoms with E-state index < -0.39 is 12.0 Å². The second-order valence-electron chi connectivity index (χ2n) is 6.22. The molecule has 8 N–H and O–H groups in total. The van der Waals surface area contributed by atoms with E-state index >= 15 is 0 Å². The van der Waals surface area contributed by atoms with Crippen LogP contribution in [0.4, 0.5) is 5.69 Å². The number of hydrogen-bond acceptors (Lipinski definition) is 7. The minimum Gasteiger partial charge on any atom is -0.497 e. The van der Waals surface area contributed by atoms with Gasteiger partial charge in [0, 0.05) is 28.9 Å². The molecule has 2 aromatic rings. The summed E-state index contributed by atoms with van der Waals surface area (Å²) in [5.74, 6) is 0.665. The maximum atomic E-state index is 12.1. The number of amides is 1. The SMILES string of the molecule is COc1ccc(OC)c(-c2cccc(/C(N)=C(\N)C(=O)NCC(C)O)c2N)c1. The second kappa shape index (κ2) is 9.01. The number of rotatable bonds is 7. The summed E-state index contributed by atoms with van der Waals surface area (Å²) in [6.07, 6.45) is -0.702. The molecule has 0 radical (unpaired) electrons. The number of nitrogens with one attached hydrogen (secondary N) is 1. The first-order chi connectivity index (χ1) is 13.3. The van der Waals surface area contributed by atoms with E-state index in [4.69, 9.17) is 26.7 Å². The quantitative estimate of drug-likeness (QED) is 0.353. The number of para-hydroxylation sites is 1. The minimum absolute atomic E-state index is 0.0457. The molecule has 1 atom stereocenters. The van der Waals surface area contributed by atoms with Crippen molar-refractivity contribution >= 4 is 17.3 Å². The van der Waals surface area contributed by atoms with Crippen molar-refractivity contribution in [3.05, 3.63) is 47.7 Å². The Labute approximate surface area is 163 Å². The number of anilines is 1. The Morgan fingerprint density at radius 1 is 1.14 bits per heavy atom. The Kier molecular flexibility index (Phi) is 6.73. The van der Waals surface area contributed by atoms with Crippen LogP contribution in [0.25, 0.3) is 16.8 Å². The largest absolute Gasteiger partial charge is 0.497 e. The Balaban J connectivity index is 2.51. The van der Waals surface area contributed by atoms with Gasteiger partial charge >= 0.3 is 0 Å². The van der Waals surface area contributed by atoms with Gasteiger partial charge in [0.15, 0.2) is 0 Å². The van der Waals surface area contributed by atoms with Crippen molar-refractivity contribution in [2.24, 2.45) is 11.5 Å². The van der Waals surface area contributed by atoms with Crippen LogP contribution in [0.5, 0.6) is 11.5 Å². The van der Waals surface area contributed by atoms with Crippen LogP contribution in [0.2, 0.25) is 0 Å². The fourth-order valence-electron chi connectivity index (χ4n) is 2.66. The number of hydrogen-bond donors (Lipinski definition) is 5. The molecule has 0 saturated carbocycles. The topological polar surface area (TPSA) is 146 Å². The predicted octanol–water partition coefficient (Wildman–Crippen LogP) is 1.04.